The van der Waals surface area contributed by atoms with Gasteiger partial charge in [-0.2, -0.15) is 13.2 Å². The maximum Gasteiger partial charge on any atom is 0.418 e. The van der Waals surface area contributed by atoms with Gasteiger partial charge in [0.2, 0.25) is 12.3 Å². The molecule has 41 heavy (non-hydrogen) atoms. The fourth-order valence-corrected chi connectivity index (χ4v) is 4.47. The zero-order chi connectivity index (χ0) is 29.6. The molecule has 2 N–H and O–H groups in total. The number of nitrogens with zero attached hydrogens (tertiary/aromatic N) is 7. The molecule has 4 aromatic rings. The Bertz CT molecular complexity index is 1630. The number of imidazole rings is 1. The Morgan fingerprint density at radius 3 is 2.66 bits per heavy atom. The maximum absolute atomic E-state index is 13.5. The number of nitrogens with one attached hydrogen (secondary N) is 1. The maximum atomic E-state index is 13.5. The molecule has 0 spiro atoms. The molecule has 5 rings (SSSR count). The fourth-order valence-electron chi connectivity index (χ4n) is 4.47. The standard InChI is InChI=1S/C26H25F3N8O4/c1-13-8-17(34-41-13)11-36-24(39)21-22(35(4)25(36)40)31-12-37(21)15(3)23(38)33-20-7-5-6-19(32-20)16-9-18(26(27,28)29)14(2)30-10-16/h5-10,12,15,25,40H,11H2,1-4H3,(H,32,33,38)/t15-,25?/m0/s1. The Hall–Kier alpha value is -4.79. The van der Waals surface area contributed by atoms with Gasteiger partial charge in [-0.25, -0.2) is 9.97 Å². The molecule has 15 heteroatoms. The minimum absolute atomic E-state index is 0.0481. The van der Waals surface area contributed by atoms with Gasteiger partial charge in [0.15, 0.2) is 11.5 Å². The summed E-state index contributed by atoms with van der Waals surface area (Å²) in [4.78, 5) is 41.6. The van der Waals surface area contributed by atoms with E-state index in [1.54, 1.807) is 27.0 Å². The van der Waals surface area contributed by atoms with Crippen LogP contribution in [0.5, 0.6) is 0 Å². The highest BCUT2D eigenvalue weighted by Crippen LogP contribution is 2.34. The van der Waals surface area contributed by atoms with Crippen LogP contribution in [-0.2, 0) is 17.5 Å². The van der Waals surface area contributed by atoms with E-state index in [0.717, 1.165) is 11.0 Å². The van der Waals surface area contributed by atoms with E-state index in [1.807, 2.05) is 0 Å². The molecule has 2 atom stereocenters. The number of hydrogen-bond donors (Lipinski definition) is 2. The lowest BCUT2D eigenvalue weighted by molar-refractivity contribution is -0.138. The van der Waals surface area contributed by atoms with Gasteiger partial charge in [-0.1, -0.05) is 11.2 Å². The van der Waals surface area contributed by atoms with Crippen molar-refractivity contribution < 1.29 is 32.4 Å². The number of aliphatic hydroxyl groups is 1. The predicted octanol–water partition coefficient (Wildman–Crippen LogP) is 3.53. The number of carbonyl (C=O) groups is 2. The van der Waals surface area contributed by atoms with Gasteiger partial charge in [-0.3, -0.25) is 19.5 Å². The Balaban J connectivity index is 1.38. The van der Waals surface area contributed by atoms with E-state index in [1.165, 1.54) is 47.1 Å². The van der Waals surface area contributed by atoms with Crippen molar-refractivity contribution in [3.63, 3.8) is 0 Å². The Morgan fingerprint density at radius 2 is 1.98 bits per heavy atom. The molecule has 0 saturated heterocycles. The van der Waals surface area contributed by atoms with Gasteiger partial charge in [0, 0.05) is 30.6 Å². The molecule has 5 heterocycles. The summed E-state index contributed by atoms with van der Waals surface area (Å²) in [5, 5.41) is 17.3. The number of alkyl halides is 3. The van der Waals surface area contributed by atoms with Crippen LogP contribution < -0.4 is 10.2 Å². The lowest BCUT2D eigenvalue weighted by Crippen LogP contribution is -2.54. The lowest BCUT2D eigenvalue weighted by Gasteiger charge is -2.38. The summed E-state index contributed by atoms with van der Waals surface area (Å²) in [5.41, 5.74) is -0.223. The van der Waals surface area contributed by atoms with Gasteiger partial charge in [0.1, 0.15) is 23.3 Å². The highest BCUT2D eigenvalue weighted by molar-refractivity contribution is 6.01. The highest BCUT2D eigenvalue weighted by Gasteiger charge is 2.40. The second-order valence-corrected chi connectivity index (χ2v) is 9.57. The molecular formula is C26H25F3N8O4. The molecule has 0 saturated carbocycles. The van der Waals surface area contributed by atoms with Crippen molar-refractivity contribution in [3.8, 4) is 11.3 Å². The summed E-state index contributed by atoms with van der Waals surface area (Å²) in [7, 11) is 1.55. The summed E-state index contributed by atoms with van der Waals surface area (Å²) in [6.07, 6.45) is -3.31. The summed E-state index contributed by atoms with van der Waals surface area (Å²) in [5.74, 6) is -0.323. The third-order valence-corrected chi connectivity index (χ3v) is 6.69. The largest absolute Gasteiger partial charge is 0.418 e. The lowest BCUT2D eigenvalue weighted by atomic mass is 10.1. The second kappa shape index (κ2) is 10.3. The van der Waals surface area contributed by atoms with Crippen LogP contribution in [0.4, 0.5) is 24.8 Å². The van der Waals surface area contributed by atoms with Crippen molar-refractivity contribution in [2.75, 3.05) is 17.3 Å². The number of fused-ring (bicyclic) bond motifs is 1. The molecule has 1 unspecified atom stereocenters. The number of carbonyl (C=O) groups excluding carboxylic acids is 2. The summed E-state index contributed by atoms with van der Waals surface area (Å²) in [6, 6.07) is 6.17. The summed E-state index contributed by atoms with van der Waals surface area (Å²) >= 11 is 0. The second-order valence-electron chi connectivity index (χ2n) is 9.57. The third-order valence-electron chi connectivity index (χ3n) is 6.69. The van der Waals surface area contributed by atoms with Gasteiger partial charge < -0.3 is 24.4 Å². The van der Waals surface area contributed by atoms with E-state index in [4.69, 9.17) is 4.52 Å². The predicted molar refractivity (Wildman–Crippen MR) is 138 cm³/mol. The fraction of sp³-hybridized carbons (Fsp3) is 0.308. The molecule has 1 aliphatic heterocycles. The molecule has 214 valence electrons. The van der Waals surface area contributed by atoms with Gasteiger partial charge in [-0.15, -0.1) is 0 Å². The quantitative estimate of drug-likeness (QED) is 0.356. The van der Waals surface area contributed by atoms with Crippen LogP contribution in [0.2, 0.25) is 0 Å². The van der Waals surface area contributed by atoms with E-state index in [0.29, 0.717) is 11.5 Å². The molecule has 0 radical (unpaired) electrons. The Morgan fingerprint density at radius 1 is 1.22 bits per heavy atom. The number of amides is 2. The first-order chi connectivity index (χ1) is 19.3. The Labute approximate surface area is 231 Å². The normalized spacial score (nSPS) is 16.1. The number of hydrogen-bond acceptors (Lipinski definition) is 9. The first kappa shape index (κ1) is 27.8. The highest BCUT2D eigenvalue weighted by atomic mass is 19.4. The van der Waals surface area contributed by atoms with Crippen LogP contribution in [0.1, 0.15) is 46.2 Å². The number of rotatable bonds is 6. The molecule has 12 nitrogen and oxygen atoms in total. The van der Waals surface area contributed by atoms with Crippen molar-refractivity contribution in [2.45, 2.75) is 45.9 Å². The zero-order valence-electron chi connectivity index (χ0n) is 22.3. The van der Waals surface area contributed by atoms with Crippen molar-refractivity contribution >= 4 is 23.5 Å². The Kier molecular flexibility index (Phi) is 6.98. The first-order valence-corrected chi connectivity index (χ1v) is 12.4. The van der Waals surface area contributed by atoms with Crippen LogP contribution in [0.15, 0.2) is 47.4 Å². The number of halogens is 3. The number of aliphatic hydroxyl groups excluding tert-OH is 1. The van der Waals surface area contributed by atoms with Gasteiger partial charge in [0.25, 0.3) is 5.91 Å². The summed E-state index contributed by atoms with van der Waals surface area (Å²) < 4.78 is 46.5. The van der Waals surface area contributed by atoms with E-state index >= 15 is 0 Å². The third kappa shape index (κ3) is 5.23. The topological polar surface area (TPSA) is 143 Å². The molecule has 0 aromatic carbocycles. The average Bonchev–Trinajstić information content (AvgIpc) is 3.55. The van der Waals surface area contributed by atoms with Gasteiger partial charge in [-0.05, 0) is 39.0 Å². The smallest absolute Gasteiger partial charge is 0.361 e. The van der Waals surface area contributed by atoms with Crippen molar-refractivity contribution in [3.05, 3.63) is 71.3 Å². The van der Waals surface area contributed by atoms with Crippen LogP contribution in [0.25, 0.3) is 11.3 Å². The molecule has 4 aromatic heterocycles. The average molecular weight is 571 g/mol. The van der Waals surface area contributed by atoms with Crippen molar-refractivity contribution in [2.24, 2.45) is 0 Å². The monoisotopic (exact) mass is 570 g/mol. The minimum Gasteiger partial charge on any atom is -0.361 e. The van der Waals surface area contributed by atoms with E-state index in [-0.39, 0.29) is 40.8 Å². The molecule has 0 fully saturated rings. The van der Waals surface area contributed by atoms with Crippen molar-refractivity contribution in [1.29, 1.82) is 0 Å². The molecule has 1 aliphatic rings. The van der Waals surface area contributed by atoms with Crippen LogP contribution in [0, 0.1) is 13.8 Å². The van der Waals surface area contributed by atoms with Gasteiger partial charge >= 0.3 is 6.18 Å². The van der Waals surface area contributed by atoms with E-state index in [2.05, 4.69) is 25.4 Å². The molecule has 0 aliphatic carbocycles. The first-order valence-electron chi connectivity index (χ1n) is 12.4. The molecular weight excluding hydrogens is 545 g/mol. The molecule has 2 amide bonds. The minimum atomic E-state index is -4.58. The number of anilines is 2. The number of aromatic nitrogens is 5. The zero-order valence-corrected chi connectivity index (χ0v) is 22.3. The summed E-state index contributed by atoms with van der Waals surface area (Å²) in [6.45, 7) is 4.47. The SMILES string of the molecule is Cc1cc(CN2C(=O)c3c(ncn3[C@@H](C)C(=O)Nc3cccc(-c4cnc(C)c(C(F)(F)F)c4)n3)N(C)C2O)no1. The van der Waals surface area contributed by atoms with Crippen molar-refractivity contribution in [1.82, 2.24) is 29.6 Å². The molecule has 0 bridgehead atoms. The number of aryl methyl sites for hydroxylation is 2. The van der Waals surface area contributed by atoms with Crippen LogP contribution in [0.3, 0.4) is 0 Å². The van der Waals surface area contributed by atoms with Crippen LogP contribution >= 0.6 is 0 Å². The van der Waals surface area contributed by atoms with E-state index < -0.39 is 35.9 Å². The number of pyridine rings is 2. The van der Waals surface area contributed by atoms with Gasteiger partial charge in [0.05, 0.1) is 24.1 Å². The van der Waals surface area contributed by atoms with Crippen LogP contribution in [-0.4, -0.2) is 59.9 Å². The van der Waals surface area contributed by atoms with E-state index in [9.17, 15) is 27.9 Å².